The fourth-order valence-corrected chi connectivity index (χ4v) is 4.19. The van der Waals surface area contributed by atoms with Crippen molar-refractivity contribution >= 4 is 17.0 Å². The predicted octanol–water partition coefficient (Wildman–Crippen LogP) is -4.45. The maximum atomic E-state index is 12.5. The Morgan fingerprint density at radius 1 is 1.27 bits per heavy atom. The predicted molar refractivity (Wildman–Crippen MR) is 123 cm³/mol. The van der Waals surface area contributed by atoms with E-state index < -0.39 is 74.1 Å². The zero-order valence-corrected chi connectivity index (χ0v) is 19.9. The summed E-state index contributed by atoms with van der Waals surface area (Å²) in [6.07, 6.45) is -7.70. The SMILES string of the molecule is C/C(=C/Cn1c(=O)nc(N)c2c1ncn2[C@@H]1O[C@H](CO[C@H]2OC[C@@](O)(CO)[C@@H]2O)[C@@H](O)[C@H](O)[C@H]1O)CO. The second-order valence-electron chi connectivity index (χ2n) is 9.18. The number of aliphatic hydroxyl groups excluding tert-OH is 6. The molecule has 2 aromatic heterocycles. The quantitative estimate of drug-likeness (QED) is 0.150. The molecule has 16 heteroatoms. The molecule has 4 rings (SSSR count). The molecule has 0 aromatic carbocycles. The Morgan fingerprint density at radius 3 is 2.65 bits per heavy atom. The van der Waals surface area contributed by atoms with Crippen LogP contribution in [0, 0.1) is 0 Å². The average Bonchev–Trinajstić information content (AvgIpc) is 3.44. The van der Waals surface area contributed by atoms with Crippen molar-refractivity contribution in [1.29, 1.82) is 0 Å². The minimum atomic E-state index is -1.92. The van der Waals surface area contributed by atoms with Crippen molar-refractivity contribution in [2.24, 2.45) is 0 Å². The zero-order valence-electron chi connectivity index (χ0n) is 19.9. The maximum Gasteiger partial charge on any atom is 0.351 e. The van der Waals surface area contributed by atoms with Crippen LogP contribution in [-0.2, 0) is 20.8 Å². The van der Waals surface area contributed by atoms with Crippen molar-refractivity contribution in [2.75, 3.05) is 32.2 Å². The van der Waals surface area contributed by atoms with E-state index in [1.807, 2.05) is 0 Å². The van der Waals surface area contributed by atoms with Crippen LogP contribution in [0.5, 0.6) is 0 Å². The summed E-state index contributed by atoms with van der Waals surface area (Å²) in [6.45, 7) is -0.110. The van der Waals surface area contributed by atoms with E-state index in [0.29, 0.717) is 5.57 Å². The van der Waals surface area contributed by atoms with Crippen LogP contribution in [-0.4, -0.2) is 124 Å². The molecule has 2 aliphatic heterocycles. The first kappa shape index (κ1) is 27.5. The van der Waals surface area contributed by atoms with Crippen LogP contribution in [0.4, 0.5) is 5.82 Å². The van der Waals surface area contributed by atoms with E-state index in [9.17, 15) is 40.5 Å². The number of hydrogen-bond donors (Lipinski definition) is 8. The number of rotatable bonds is 8. The van der Waals surface area contributed by atoms with Gasteiger partial charge in [0.25, 0.3) is 0 Å². The third-order valence-electron chi connectivity index (χ3n) is 6.56. The second-order valence-corrected chi connectivity index (χ2v) is 9.18. The Hall–Kier alpha value is -2.51. The van der Waals surface area contributed by atoms with E-state index in [1.165, 1.54) is 15.5 Å². The van der Waals surface area contributed by atoms with Gasteiger partial charge in [-0.1, -0.05) is 11.6 Å². The summed E-state index contributed by atoms with van der Waals surface area (Å²) < 4.78 is 18.9. The van der Waals surface area contributed by atoms with Gasteiger partial charge in [0.05, 0.1) is 32.8 Å². The van der Waals surface area contributed by atoms with Gasteiger partial charge < -0.3 is 55.7 Å². The number of allylic oxidation sites excluding steroid dienone is 1. The van der Waals surface area contributed by atoms with Gasteiger partial charge in [0.1, 0.15) is 41.6 Å². The number of nitrogens with two attached hydrogens (primary N) is 1. The normalized spacial score (nSPS) is 34.9. The topological polar surface area (TPSA) is 248 Å². The Kier molecular flexibility index (Phi) is 7.96. The van der Waals surface area contributed by atoms with Crippen molar-refractivity contribution < 1.29 is 50.0 Å². The summed E-state index contributed by atoms with van der Waals surface area (Å²) in [6, 6.07) is 0. The summed E-state index contributed by atoms with van der Waals surface area (Å²) in [4.78, 5) is 20.5. The Balaban J connectivity index is 1.60. The summed E-state index contributed by atoms with van der Waals surface area (Å²) >= 11 is 0. The molecule has 8 atom stereocenters. The number of aromatic nitrogens is 4. The van der Waals surface area contributed by atoms with E-state index in [1.54, 1.807) is 13.0 Å². The molecule has 0 bridgehead atoms. The highest BCUT2D eigenvalue weighted by Crippen LogP contribution is 2.33. The van der Waals surface area contributed by atoms with Crippen LogP contribution < -0.4 is 11.4 Å². The third kappa shape index (κ3) is 5.00. The van der Waals surface area contributed by atoms with E-state index >= 15 is 0 Å². The highest BCUT2D eigenvalue weighted by Gasteiger charge is 2.50. The summed E-state index contributed by atoms with van der Waals surface area (Å²) in [5.74, 6) is -0.216. The standard InChI is InChI=1S/C21H31N5O11/c1-9(4-27)2-3-25-17-11(16(22)24-20(25)33)26(8-23-17)18-14(31)13(30)12(29)10(37-18)5-35-19-15(32)21(34,6-28)7-36-19/h2,8,10,12-15,18-19,27-32,34H,3-7H2,1H3,(H2,22,24,33)/b9-2-/t10-,12-,13+,14-,15-,18-,19+,21+/m1/s1. The van der Waals surface area contributed by atoms with Gasteiger partial charge in [-0.15, -0.1) is 0 Å². The Bertz CT molecular complexity index is 1200. The number of imidazole rings is 1. The van der Waals surface area contributed by atoms with Crippen LogP contribution in [0.25, 0.3) is 11.2 Å². The molecule has 0 radical (unpaired) electrons. The number of anilines is 1. The third-order valence-corrected chi connectivity index (χ3v) is 6.56. The molecular formula is C21H31N5O11. The lowest BCUT2D eigenvalue weighted by Gasteiger charge is -2.41. The highest BCUT2D eigenvalue weighted by molar-refractivity contribution is 5.82. The highest BCUT2D eigenvalue weighted by atomic mass is 16.7. The van der Waals surface area contributed by atoms with E-state index in [4.69, 9.17) is 19.9 Å². The molecule has 2 aromatic rings. The van der Waals surface area contributed by atoms with Crippen LogP contribution in [0.3, 0.4) is 0 Å². The molecule has 206 valence electrons. The molecule has 9 N–H and O–H groups in total. The van der Waals surface area contributed by atoms with Gasteiger partial charge in [0, 0.05) is 6.54 Å². The molecule has 2 aliphatic rings. The minimum Gasteiger partial charge on any atom is -0.393 e. The first-order chi connectivity index (χ1) is 17.5. The number of nitrogens with zero attached hydrogens (tertiary/aromatic N) is 4. The first-order valence-corrected chi connectivity index (χ1v) is 11.5. The van der Waals surface area contributed by atoms with Gasteiger partial charge in [-0.25, -0.2) is 9.78 Å². The molecule has 2 fully saturated rings. The van der Waals surface area contributed by atoms with Crippen LogP contribution in [0.2, 0.25) is 0 Å². The fraction of sp³-hybridized carbons (Fsp3) is 0.667. The number of ether oxygens (including phenoxy) is 3. The fourth-order valence-electron chi connectivity index (χ4n) is 4.19. The minimum absolute atomic E-state index is 0.0296. The van der Waals surface area contributed by atoms with Gasteiger partial charge in [-0.05, 0) is 6.92 Å². The number of aliphatic hydroxyl groups is 7. The van der Waals surface area contributed by atoms with Crippen molar-refractivity contribution in [3.63, 3.8) is 0 Å². The summed E-state index contributed by atoms with van der Waals surface area (Å²) in [5, 5.41) is 70.4. The smallest absolute Gasteiger partial charge is 0.351 e. The lowest BCUT2D eigenvalue weighted by molar-refractivity contribution is -0.267. The summed E-state index contributed by atoms with van der Waals surface area (Å²) in [5.41, 5.74) is 4.21. The van der Waals surface area contributed by atoms with Crippen molar-refractivity contribution in [2.45, 2.75) is 62.1 Å². The monoisotopic (exact) mass is 529 g/mol. The first-order valence-electron chi connectivity index (χ1n) is 11.5. The maximum absolute atomic E-state index is 12.5. The number of hydrogen-bond acceptors (Lipinski definition) is 14. The Labute approximate surface area is 209 Å². The van der Waals surface area contributed by atoms with E-state index in [-0.39, 0.29) is 30.1 Å². The van der Waals surface area contributed by atoms with Gasteiger partial charge in [-0.2, -0.15) is 4.98 Å². The van der Waals surface area contributed by atoms with Crippen molar-refractivity contribution in [1.82, 2.24) is 19.1 Å². The second kappa shape index (κ2) is 10.7. The Morgan fingerprint density at radius 2 is 2.00 bits per heavy atom. The van der Waals surface area contributed by atoms with Crippen LogP contribution in [0.15, 0.2) is 22.8 Å². The van der Waals surface area contributed by atoms with Gasteiger partial charge >= 0.3 is 5.69 Å². The van der Waals surface area contributed by atoms with Crippen molar-refractivity contribution in [3.8, 4) is 0 Å². The van der Waals surface area contributed by atoms with E-state index in [0.717, 1.165) is 0 Å². The van der Waals surface area contributed by atoms with Crippen LogP contribution in [0.1, 0.15) is 13.2 Å². The molecule has 0 spiro atoms. The summed E-state index contributed by atoms with van der Waals surface area (Å²) in [7, 11) is 0. The molecule has 16 nitrogen and oxygen atoms in total. The number of fused-ring (bicyclic) bond motifs is 1. The molecule has 0 unspecified atom stereocenters. The van der Waals surface area contributed by atoms with Gasteiger partial charge in [-0.3, -0.25) is 9.13 Å². The van der Waals surface area contributed by atoms with Gasteiger partial charge in [0.15, 0.2) is 24.0 Å². The lowest BCUT2D eigenvalue weighted by atomic mass is 9.98. The molecular weight excluding hydrogens is 498 g/mol. The molecule has 37 heavy (non-hydrogen) atoms. The lowest BCUT2D eigenvalue weighted by Crippen LogP contribution is -2.57. The largest absolute Gasteiger partial charge is 0.393 e. The number of nitrogen functional groups attached to an aromatic ring is 1. The van der Waals surface area contributed by atoms with E-state index in [2.05, 4.69) is 9.97 Å². The molecule has 0 saturated carbocycles. The van der Waals surface area contributed by atoms with Crippen LogP contribution >= 0.6 is 0 Å². The molecule has 0 amide bonds. The average molecular weight is 530 g/mol. The van der Waals surface area contributed by atoms with Crippen molar-refractivity contribution in [3.05, 3.63) is 28.5 Å². The van der Waals surface area contributed by atoms with Gasteiger partial charge in [0.2, 0.25) is 0 Å². The molecule has 2 saturated heterocycles. The zero-order chi connectivity index (χ0) is 27.1. The molecule has 4 heterocycles. The molecule has 0 aliphatic carbocycles.